The number of nitrogens with one attached hydrogen (secondary N) is 1. The molecule has 0 bridgehead atoms. The highest BCUT2D eigenvalue weighted by Gasteiger charge is 2.36. The Bertz CT molecular complexity index is 935. The molecule has 0 spiro atoms. The first kappa shape index (κ1) is 18.8. The van der Waals surface area contributed by atoms with Crippen molar-refractivity contribution in [3.05, 3.63) is 71.1 Å². The highest BCUT2D eigenvalue weighted by molar-refractivity contribution is 7.16. The number of carbonyl (C=O) groups excluding carboxylic acids is 1. The first-order chi connectivity index (χ1) is 13.6. The van der Waals surface area contributed by atoms with Crippen LogP contribution in [-0.2, 0) is 16.0 Å². The predicted molar refractivity (Wildman–Crippen MR) is 112 cm³/mol. The van der Waals surface area contributed by atoms with Gasteiger partial charge in [-0.15, -0.1) is 11.3 Å². The molecule has 4 rings (SSSR count). The number of ether oxygens (including phenoxy) is 1. The predicted octanol–water partition coefficient (Wildman–Crippen LogP) is 3.85. The molecule has 1 aliphatic rings. The topological polar surface area (TPSA) is 77.2 Å². The number of aromatic nitrogens is 1. The van der Waals surface area contributed by atoms with Crippen LogP contribution in [0.2, 0.25) is 0 Å². The van der Waals surface area contributed by atoms with Crippen LogP contribution in [0.15, 0.2) is 60.7 Å². The summed E-state index contributed by atoms with van der Waals surface area (Å²) in [6, 6.07) is 20.3. The van der Waals surface area contributed by atoms with Crippen molar-refractivity contribution < 1.29 is 9.53 Å². The number of hydrogen-bond acceptors (Lipinski definition) is 5. The second kappa shape index (κ2) is 8.22. The molecule has 3 aromatic rings. The van der Waals surface area contributed by atoms with Gasteiger partial charge in [-0.05, 0) is 18.4 Å². The van der Waals surface area contributed by atoms with Crippen LogP contribution >= 0.6 is 11.3 Å². The normalized spacial score (nSPS) is 15.9. The fourth-order valence-corrected chi connectivity index (χ4v) is 4.33. The van der Waals surface area contributed by atoms with E-state index in [4.69, 9.17) is 15.5 Å². The van der Waals surface area contributed by atoms with Crippen LogP contribution in [0.25, 0.3) is 11.3 Å². The van der Waals surface area contributed by atoms with E-state index in [0.717, 1.165) is 22.6 Å². The molecule has 2 aromatic carbocycles. The molecule has 0 atom stereocenters. The van der Waals surface area contributed by atoms with Crippen LogP contribution in [-0.4, -0.2) is 29.6 Å². The number of nitrogens with zero attached hydrogens (tertiary/aromatic N) is 1. The Balaban J connectivity index is 1.62. The van der Waals surface area contributed by atoms with Crippen LogP contribution in [0.1, 0.15) is 23.3 Å². The molecule has 0 saturated carbocycles. The molecule has 1 aliphatic heterocycles. The molecule has 6 heteroatoms. The van der Waals surface area contributed by atoms with Crippen molar-refractivity contribution in [2.24, 2.45) is 5.73 Å². The number of carbonyl (C=O) groups is 1. The number of amides is 1. The van der Waals surface area contributed by atoms with Gasteiger partial charge in [-0.2, -0.15) is 0 Å². The van der Waals surface area contributed by atoms with Crippen LogP contribution < -0.4 is 11.1 Å². The quantitative estimate of drug-likeness (QED) is 0.690. The Kier molecular flexibility index (Phi) is 5.52. The summed E-state index contributed by atoms with van der Waals surface area (Å²) >= 11 is 1.51. The molecular formula is C22H23N3O2S. The lowest BCUT2D eigenvalue weighted by molar-refractivity contribution is -0.124. The van der Waals surface area contributed by atoms with Gasteiger partial charge in [0.2, 0.25) is 5.91 Å². The van der Waals surface area contributed by atoms with Crippen molar-refractivity contribution in [2.75, 3.05) is 18.5 Å². The molecule has 1 saturated heterocycles. The van der Waals surface area contributed by atoms with Crippen molar-refractivity contribution in [1.29, 1.82) is 0 Å². The van der Waals surface area contributed by atoms with Crippen molar-refractivity contribution in [2.45, 2.75) is 24.8 Å². The maximum Gasteiger partial charge on any atom is 0.246 e. The summed E-state index contributed by atoms with van der Waals surface area (Å²) in [6.07, 6.45) is 1.81. The minimum atomic E-state index is -0.892. The fourth-order valence-electron chi connectivity index (χ4n) is 3.31. The molecule has 0 radical (unpaired) electrons. The Morgan fingerprint density at radius 1 is 1.07 bits per heavy atom. The number of nitrogens with two attached hydrogens (primary N) is 1. The summed E-state index contributed by atoms with van der Waals surface area (Å²) in [7, 11) is 0. The smallest absolute Gasteiger partial charge is 0.246 e. The molecule has 1 amide bonds. The van der Waals surface area contributed by atoms with E-state index >= 15 is 0 Å². The van der Waals surface area contributed by atoms with Crippen molar-refractivity contribution in [3.63, 3.8) is 0 Å². The Labute approximate surface area is 168 Å². The Morgan fingerprint density at radius 2 is 1.71 bits per heavy atom. The van der Waals surface area contributed by atoms with E-state index in [1.807, 2.05) is 48.5 Å². The number of benzene rings is 2. The molecule has 3 N–H and O–H groups in total. The molecule has 28 heavy (non-hydrogen) atoms. The summed E-state index contributed by atoms with van der Waals surface area (Å²) in [5.41, 5.74) is 8.58. The number of anilines is 1. The van der Waals surface area contributed by atoms with Crippen molar-refractivity contribution in [1.82, 2.24) is 4.98 Å². The Morgan fingerprint density at radius 3 is 2.39 bits per heavy atom. The van der Waals surface area contributed by atoms with Gasteiger partial charge in [0.25, 0.3) is 0 Å². The van der Waals surface area contributed by atoms with E-state index in [-0.39, 0.29) is 5.91 Å². The van der Waals surface area contributed by atoms with Crippen molar-refractivity contribution in [3.8, 4) is 11.3 Å². The average Bonchev–Trinajstić information content (AvgIpc) is 3.12. The van der Waals surface area contributed by atoms with E-state index in [1.165, 1.54) is 16.9 Å². The van der Waals surface area contributed by atoms with Gasteiger partial charge >= 0.3 is 0 Å². The molecular weight excluding hydrogens is 370 g/mol. The SMILES string of the molecule is NC1(C(=O)Nc2nc(-c3ccccc3)c(Cc3ccccc3)s2)CCOCC1. The van der Waals surface area contributed by atoms with Crippen LogP contribution in [0.4, 0.5) is 5.13 Å². The minimum Gasteiger partial charge on any atom is -0.381 e. The maximum absolute atomic E-state index is 12.8. The molecule has 0 unspecified atom stereocenters. The molecule has 1 fully saturated rings. The molecule has 1 aromatic heterocycles. The largest absolute Gasteiger partial charge is 0.381 e. The van der Waals surface area contributed by atoms with E-state index in [1.54, 1.807) is 0 Å². The van der Waals surface area contributed by atoms with Crippen molar-refractivity contribution >= 4 is 22.4 Å². The highest BCUT2D eigenvalue weighted by Crippen LogP contribution is 2.33. The second-order valence-electron chi connectivity index (χ2n) is 7.04. The zero-order valence-electron chi connectivity index (χ0n) is 15.6. The third-order valence-electron chi connectivity index (χ3n) is 5.01. The second-order valence-corrected chi connectivity index (χ2v) is 8.13. The average molecular weight is 394 g/mol. The first-order valence-electron chi connectivity index (χ1n) is 9.41. The lowest BCUT2D eigenvalue weighted by Crippen LogP contribution is -2.54. The number of rotatable bonds is 5. The summed E-state index contributed by atoms with van der Waals surface area (Å²) < 4.78 is 5.34. The lowest BCUT2D eigenvalue weighted by atomic mass is 9.90. The summed E-state index contributed by atoms with van der Waals surface area (Å²) in [4.78, 5) is 18.6. The zero-order valence-corrected chi connectivity index (χ0v) is 16.4. The molecule has 0 aliphatic carbocycles. The minimum absolute atomic E-state index is 0.185. The fraction of sp³-hybridized carbons (Fsp3) is 0.273. The lowest BCUT2D eigenvalue weighted by Gasteiger charge is -2.31. The summed E-state index contributed by atoms with van der Waals surface area (Å²) in [5, 5.41) is 3.55. The van der Waals surface area contributed by atoms with E-state index in [9.17, 15) is 4.79 Å². The van der Waals surface area contributed by atoms with Gasteiger partial charge in [0.05, 0.1) is 5.69 Å². The number of thiazole rings is 1. The van der Waals surface area contributed by atoms with Crippen LogP contribution in [0, 0.1) is 0 Å². The first-order valence-corrected chi connectivity index (χ1v) is 10.2. The zero-order chi connectivity index (χ0) is 19.4. The maximum atomic E-state index is 12.8. The van der Waals surface area contributed by atoms with Crippen LogP contribution in [0.5, 0.6) is 0 Å². The molecule has 2 heterocycles. The van der Waals surface area contributed by atoms with Gasteiger partial charge in [0.1, 0.15) is 5.54 Å². The van der Waals surface area contributed by atoms with Gasteiger partial charge in [-0.1, -0.05) is 60.7 Å². The third kappa shape index (κ3) is 4.14. The van der Waals surface area contributed by atoms with Gasteiger partial charge < -0.3 is 15.8 Å². The monoisotopic (exact) mass is 393 g/mol. The standard InChI is InChI=1S/C22H23N3O2S/c23-22(11-13-27-14-12-22)20(26)25-21-24-19(17-9-5-2-6-10-17)18(28-21)15-16-7-3-1-4-8-16/h1-10H,11-15,23H2,(H,24,25,26). The summed E-state index contributed by atoms with van der Waals surface area (Å²) in [6.45, 7) is 1.02. The summed E-state index contributed by atoms with van der Waals surface area (Å²) in [5.74, 6) is -0.185. The van der Waals surface area contributed by atoms with Crippen LogP contribution in [0.3, 0.4) is 0 Å². The highest BCUT2D eigenvalue weighted by atomic mass is 32.1. The molecule has 5 nitrogen and oxygen atoms in total. The Hall–Kier alpha value is -2.54. The van der Waals surface area contributed by atoms with Gasteiger partial charge in [0, 0.05) is 30.1 Å². The van der Waals surface area contributed by atoms with E-state index in [0.29, 0.717) is 31.2 Å². The van der Waals surface area contributed by atoms with E-state index in [2.05, 4.69) is 17.4 Å². The van der Waals surface area contributed by atoms with Gasteiger partial charge in [0.15, 0.2) is 5.13 Å². The third-order valence-corrected chi connectivity index (χ3v) is 5.98. The van der Waals surface area contributed by atoms with E-state index < -0.39 is 5.54 Å². The van der Waals surface area contributed by atoms with Gasteiger partial charge in [-0.25, -0.2) is 4.98 Å². The number of hydrogen-bond donors (Lipinski definition) is 2. The van der Waals surface area contributed by atoms with Gasteiger partial charge in [-0.3, -0.25) is 4.79 Å². The molecule has 144 valence electrons.